The smallest absolute Gasteiger partial charge is 0.241 e. The van der Waals surface area contributed by atoms with Crippen LogP contribution in [-0.2, 0) is 34.3 Å². The van der Waals surface area contributed by atoms with E-state index >= 15 is 0 Å². The SMILES string of the molecule is COc1ccc(S(=O)(=O)NC(C(=O)NCc2nnc3n2CCC3)C(C)C)cc1. The lowest BCUT2D eigenvalue weighted by Gasteiger charge is -2.21. The Morgan fingerprint density at radius 2 is 1.96 bits per heavy atom. The molecule has 1 aromatic carbocycles. The third-order valence-corrected chi connectivity index (χ3v) is 6.16. The van der Waals surface area contributed by atoms with Gasteiger partial charge in [-0.05, 0) is 36.6 Å². The summed E-state index contributed by atoms with van der Waals surface area (Å²) in [4.78, 5) is 12.7. The molecular formula is C18H25N5O4S. The molecule has 2 aromatic rings. The van der Waals surface area contributed by atoms with E-state index in [4.69, 9.17) is 4.74 Å². The van der Waals surface area contributed by atoms with Gasteiger partial charge in [-0.3, -0.25) is 4.79 Å². The number of rotatable bonds is 8. The van der Waals surface area contributed by atoms with Gasteiger partial charge in [0.2, 0.25) is 15.9 Å². The summed E-state index contributed by atoms with van der Waals surface area (Å²) in [5.41, 5.74) is 0. The van der Waals surface area contributed by atoms with Gasteiger partial charge in [0, 0.05) is 13.0 Å². The topological polar surface area (TPSA) is 115 Å². The highest BCUT2D eigenvalue weighted by molar-refractivity contribution is 7.89. The summed E-state index contributed by atoms with van der Waals surface area (Å²) in [6.07, 6.45) is 1.90. The van der Waals surface area contributed by atoms with Crippen LogP contribution in [0.5, 0.6) is 5.75 Å². The number of methoxy groups -OCH3 is 1. The van der Waals surface area contributed by atoms with Crippen molar-refractivity contribution < 1.29 is 17.9 Å². The molecule has 1 aliphatic rings. The molecule has 0 radical (unpaired) electrons. The van der Waals surface area contributed by atoms with Gasteiger partial charge in [0.15, 0.2) is 5.82 Å². The second kappa shape index (κ2) is 8.27. The molecule has 3 rings (SSSR count). The summed E-state index contributed by atoms with van der Waals surface area (Å²) in [7, 11) is -2.35. The van der Waals surface area contributed by atoms with Crippen molar-refractivity contribution >= 4 is 15.9 Å². The number of benzene rings is 1. The first-order valence-corrected chi connectivity index (χ1v) is 10.6. The second-order valence-corrected chi connectivity index (χ2v) is 8.74. The summed E-state index contributed by atoms with van der Waals surface area (Å²) in [6, 6.07) is 5.09. The number of hydrogen-bond donors (Lipinski definition) is 2. The molecule has 1 atom stereocenters. The van der Waals surface area contributed by atoms with Crippen LogP contribution >= 0.6 is 0 Å². The Kier molecular flexibility index (Phi) is 5.99. The minimum Gasteiger partial charge on any atom is -0.497 e. The van der Waals surface area contributed by atoms with Crippen LogP contribution in [0.2, 0.25) is 0 Å². The fourth-order valence-corrected chi connectivity index (χ4v) is 4.44. The van der Waals surface area contributed by atoms with E-state index in [0.717, 1.165) is 25.2 Å². The minimum absolute atomic E-state index is 0.0713. The van der Waals surface area contributed by atoms with E-state index in [2.05, 4.69) is 20.2 Å². The normalized spacial score (nSPS) is 14.7. The molecule has 9 nitrogen and oxygen atoms in total. The van der Waals surface area contributed by atoms with Crippen molar-refractivity contribution in [3.8, 4) is 5.75 Å². The minimum atomic E-state index is -3.86. The highest BCUT2D eigenvalue weighted by Crippen LogP contribution is 2.17. The molecule has 1 unspecified atom stereocenters. The van der Waals surface area contributed by atoms with E-state index in [1.165, 1.54) is 19.2 Å². The van der Waals surface area contributed by atoms with Gasteiger partial charge in [0.25, 0.3) is 0 Å². The van der Waals surface area contributed by atoms with Crippen LogP contribution in [0.4, 0.5) is 0 Å². The van der Waals surface area contributed by atoms with Crippen LogP contribution in [0.15, 0.2) is 29.2 Å². The molecule has 2 heterocycles. The summed E-state index contributed by atoms with van der Waals surface area (Å²) >= 11 is 0. The molecule has 0 saturated heterocycles. The fraction of sp³-hybridized carbons (Fsp3) is 0.500. The highest BCUT2D eigenvalue weighted by Gasteiger charge is 2.29. The molecule has 0 fully saturated rings. The number of amides is 1. The standard InChI is InChI=1S/C18H25N5O4S/c1-12(2)17(22-28(25,26)14-8-6-13(27-3)7-9-14)18(24)19-11-16-21-20-15-5-4-10-23(15)16/h6-9,12,17,22H,4-5,10-11H2,1-3H3,(H,19,24). The number of nitrogens with zero attached hydrogens (tertiary/aromatic N) is 3. The lowest BCUT2D eigenvalue weighted by atomic mass is 10.1. The molecule has 1 aromatic heterocycles. The monoisotopic (exact) mass is 407 g/mol. The van der Waals surface area contributed by atoms with Crippen LogP contribution in [0.3, 0.4) is 0 Å². The van der Waals surface area contributed by atoms with Gasteiger partial charge < -0.3 is 14.6 Å². The molecule has 152 valence electrons. The largest absolute Gasteiger partial charge is 0.497 e. The summed E-state index contributed by atoms with van der Waals surface area (Å²) in [5.74, 6) is 1.52. The van der Waals surface area contributed by atoms with Crippen LogP contribution in [0.25, 0.3) is 0 Å². The van der Waals surface area contributed by atoms with E-state index < -0.39 is 22.0 Å². The number of hydrogen-bond acceptors (Lipinski definition) is 6. The zero-order valence-corrected chi connectivity index (χ0v) is 17.0. The van der Waals surface area contributed by atoms with Crippen LogP contribution in [0, 0.1) is 5.92 Å². The number of fused-ring (bicyclic) bond motifs is 1. The Morgan fingerprint density at radius 1 is 1.25 bits per heavy atom. The third kappa shape index (κ3) is 4.33. The Balaban J connectivity index is 1.68. The van der Waals surface area contributed by atoms with Crippen molar-refractivity contribution in [3.05, 3.63) is 35.9 Å². The van der Waals surface area contributed by atoms with Crippen molar-refractivity contribution in [1.82, 2.24) is 24.8 Å². The van der Waals surface area contributed by atoms with Crippen LogP contribution in [-0.4, -0.2) is 42.2 Å². The maximum Gasteiger partial charge on any atom is 0.241 e. The number of nitrogens with one attached hydrogen (secondary N) is 2. The summed E-state index contributed by atoms with van der Waals surface area (Å²) < 4.78 is 34.9. The first-order valence-electron chi connectivity index (χ1n) is 9.17. The van der Waals surface area contributed by atoms with Gasteiger partial charge in [-0.2, -0.15) is 4.72 Å². The van der Waals surface area contributed by atoms with Gasteiger partial charge in [0.1, 0.15) is 17.6 Å². The van der Waals surface area contributed by atoms with Crippen molar-refractivity contribution in [1.29, 1.82) is 0 Å². The molecule has 2 N–H and O–H groups in total. The molecule has 1 amide bonds. The molecular weight excluding hydrogens is 382 g/mol. The molecule has 0 saturated carbocycles. The Labute approximate surface area is 164 Å². The Bertz CT molecular complexity index is 937. The fourth-order valence-electron chi connectivity index (χ4n) is 3.10. The van der Waals surface area contributed by atoms with E-state index in [9.17, 15) is 13.2 Å². The maximum absolute atomic E-state index is 12.7. The lowest BCUT2D eigenvalue weighted by Crippen LogP contribution is -2.49. The summed E-state index contributed by atoms with van der Waals surface area (Å²) in [6.45, 7) is 4.62. The van der Waals surface area contributed by atoms with E-state index in [1.54, 1.807) is 26.0 Å². The average Bonchev–Trinajstić information content (AvgIpc) is 3.28. The lowest BCUT2D eigenvalue weighted by molar-refractivity contribution is -0.123. The zero-order chi connectivity index (χ0) is 20.3. The number of aromatic nitrogens is 3. The van der Waals surface area contributed by atoms with Gasteiger partial charge in [-0.15, -0.1) is 10.2 Å². The van der Waals surface area contributed by atoms with Gasteiger partial charge >= 0.3 is 0 Å². The van der Waals surface area contributed by atoms with Gasteiger partial charge in [-0.1, -0.05) is 13.8 Å². The summed E-state index contributed by atoms with van der Waals surface area (Å²) in [5, 5.41) is 11.0. The predicted octanol–water partition coefficient (Wildman–Crippen LogP) is 0.852. The van der Waals surface area contributed by atoms with Crippen molar-refractivity contribution in [2.24, 2.45) is 5.92 Å². The molecule has 28 heavy (non-hydrogen) atoms. The molecule has 0 spiro atoms. The first-order chi connectivity index (χ1) is 13.3. The Hall–Kier alpha value is -2.46. The van der Waals surface area contributed by atoms with Crippen molar-refractivity contribution in [2.45, 2.75) is 50.7 Å². The number of carbonyl (C=O) groups is 1. The first kappa shape index (κ1) is 20.3. The number of carbonyl (C=O) groups excluding carboxylic acids is 1. The van der Waals surface area contributed by atoms with E-state index in [-0.39, 0.29) is 17.4 Å². The quantitative estimate of drug-likeness (QED) is 0.670. The van der Waals surface area contributed by atoms with E-state index in [0.29, 0.717) is 11.6 Å². The van der Waals surface area contributed by atoms with Gasteiger partial charge in [0.05, 0.1) is 18.6 Å². The van der Waals surface area contributed by atoms with Crippen LogP contribution in [0.1, 0.15) is 31.9 Å². The molecule has 10 heteroatoms. The van der Waals surface area contributed by atoms with Crippen molar-refractivity contribution in [3.63, 3.8) is 0 Å². The molecule has 0 aliphatic carbocycles. The highest BCUT2D eigenvalue weighted by atomic mass is 32.2. The Morgan fingerprint density at radius 3 is 2.61 bits per heavy atom. The third-order valence-electron chi connectivity index (χ3n) is 4.71. The average molecular weight is 407 g/mol. The second-order valence-electron chi connectivity index (χ2n) is 7.02. The van der Waals surface area contributed by atoms with Crippen molar-refractivity contribution in [2.75, 3.05) is 7.11 Å². The maximum atomic E-state index is 12.7. The molecule has 0 bridgehead atoms. The van der Waals surface area contributed by atoms with E-state index in [1.807, 2.05) is 4.57 Å². The zero-order valence-electron chi connectivity index (χ0n) is 16.2. The van der Waals surface area contributed by atoms with Crippen LogP contribution < -0.4 is 14.8 Å². The molecule has 1 aliphatic heterocycles. The predicted molar refractivity (Wildman–Crippen MR) is 102 cm³/mol. The number of aryl methyl sites for hydroxylation is 1. The van der Waals surface area contributed by atoms with Gasteiger partial charge in [-0.25, -0.2) is 8.42 Å². The number of ether oxygens (including phenoxy) is 1. The number of sulfonamides is 1.